The van der Waals surface area contributed by atoms with Gasteiger partial charge in [0.05, 0.1) is 98.2 Å². The number of ether oxygens (including phenoxy) is 4. The van der Waals surface area contributed by atoms with Crippen molar-refractivity contribution in [2.45, 2.75) is 126 Å². The number of likely N-dealkylation sites (tertiary alicyclic amines) is 2. The zero-order chi connectivity index (χ0) is 87.0. The Morgan fingerprint density at radius 1 is 0.302 bits per heavy atom. The minimum Gasteiger partial charge on any atom is -0.494 e. The summed E-state index contributed by atoms with van der Waals surface area (Å²) >= 11 is 0. The molecule has 12 aromatic rings. The molecular weight excluding hydrogens is 1650 g/mol. The Labute approximate surface area is 728 Å². The fourth-order valence-electron chi connectivity index (χ4n) is 18.7. The highest BCUT2D eigenvalue weighted by Crippen LogP contribution is 2.43. The first kappa shape index (κ1) is 86.6. The van der Waals surface area contributed by atoms with Gasteiger partial charge in [0.1, 0.15) is 45.3 Å². The molecule has 8 amide bonds. The lowest BCUT2D eigenvalue weighted by Crippen LogP contribution is -2.40. The lowest BCUT2D eigenvalue weighted by atomic mass is 9.89. The van der Waals surface area contributed by atoms with Gasteiger partial charge in [0, 0.05) is 122 Å². The number of carbonyl (C=O) groups is 8. The van der Waals surface area contributed by atoms with Crippen LogP contribution in [0.1, 0.15) is 149 Å². The Bertz CT molecular complexity index is 5970. The predicted molar refractivity (Wildman–Crippen MR) is 477 cm³/mol. The van der Waals surface area contributed by atoms with Crippen molar-refractivity contribution in [3.8, 4) is 23.0 Å². The van der Waals surface area contributed by atoms with Gasteiger partial charge in [-0.1, -0.05) is 24.3 Å². The van der Waals surface area contributed by atoms with Gasteiger partial charge in [-0.2, -0.15) is 0 Å². The van der Waals surface area contributed by atoms with Gasteiger partial charge in [0.25, 0.3) is 0 Å². The number of furan rings is 4. The van der Waals surface area contributed by atoms with Gasteiger partial charge in [-0.25, -0.2) is 16.8 Å². The highest BCUT2D eigenvalue weighted by molar-refractivity contribution is 7.91. The summed E-state index contributed by atoms with van der Waals surface area (Å²) in [6.07, 6.45) is 18.8. The molecule has 8 aromatic carbocycles. The molecule has 20 rings (SSSR count). The van der Waals surface area contributed by atoms with Crippen LogP contribution in [0.5, 0.6) is 23.0 Å². The maximum atomic E-state index is 12.4. The molecule has 0 radical (unpaired) electrons. The molecule has 4 atom stereocenters. The monoisotopic (exact) mass is 1750 g/mol. The quantitative estimate of drug-likeness (QED) is 0.0322. The number of amides is 8. The van der Waals surface area contributed by atoms with Crippen molar-refractivity contribution < 1.29 is 91.8 Å². The molecule has 28 nitrogen and oxygen atoms in total. The number of imide groups is 4. The molecule has 126 heavy (non-hydrogen) atoms. The molecule has 12 heterocycles. The summed E-state index contributed by atoms with van der Waals surface area (Å²) in [4.78, 5) is 105. The van der Waals surface area contributed by atoms with Crippen molar-refractivity contribution in [1.82, 2.24) is 40.9 Å². The Kier molecular flexibility index (Phi) is 26.6. The van der Waals surface area contributed by atoms with E-state index in [0.717, 1.165) is 173 Å². The standard InChI is InChI=1S/2C24H26N2O6S.2C24H26N2O4/c2*27-22-7-5-19(24(28)25-22)20-15-32-21-6-2-16-14-17(3-4-18(16)23(20)21)31-11-1-8-26-9-12-33(29,30)13-10-26;2*27-22-9-7-19(24(28)25-22)20-15-30-21-8-4-16-14-17(5-6-18(16)23(20)21)29-13-3-12-26-10-1-2-11-26/h2*2-4,6,14-15,19H,1,5,7-13H2,(H,25,27,28);2*4-6,8,14-15,19H,1-3,7,9-13H2,(H,25,27,28)/t4*19-/m1010/s1. The third kappa shape index (κ3) is 20.3. The zero-order valence-corrected chi connectivity index (χ0v) is 72.0. The van der Waals surface area contributed by atoms with E-state index in [1.807, 2.05) is 121 Å². The molecule has 30 heteroatoms. The number of hydrogen-bond donors (Lipinski definition) is 4. The number of nitrogens with one attached hydrogen (secondary N) is 4. The number of rotatable bonds is 24. The number of hydrogen-bond acceptors (Lipinski definition) is 24. The lowest BCUT2D eigenvalue weighted by molar-refractivity contribution is -0.135. The molecule has 660 valence electrons. The van der Waals surface area contributed by atoms with Crippen molar-refractivity contribution in [2.24, 2.45) is 0 Å². The van der Waals surface area contributed by atoms with Crippen LogP contribution in [0.3, 0.4) is 0 Å². The van der Waals surface area contributed by atoms with E-state index in [9.17, 15) is 55.2 Å². The molecule has 0 spiro atoms. The summed E-state index contributed by atoms with van der Waals surface area (Å²) in [7, 11) is -5.71. The van der Waals surface area contributed by atoms with E-state index < -0.39 is 31.5 Å². The summed E-state index contributed by atoms with van der Waals surface area (Å²) in [5, 5.41) is 21.5. The Hall–Kier alpha value is -11.5. The number of sulfone groups is 2. The van der Waals surface area contributed by atoms with Gasteiger partial charge in [-0.05, 0) is 243 Å². The highest BCUT2D eigenvalue weighted by Gasteiger charge is 2.36. The molecule has 0 aliphatic carbocycles. The van der Waals surface area contributed by atoms with Crippen LogP contribution in [0.15, 0.2) is 164 Å². The molecule has 0 unspecified atom stereocenters. The van der Waals surface area contributed by atoms with Gasteiger partial charge < -0.3 is 56.2 Å². The average molecular weight is 1750 g/mol. The Morgan fingerprint density at radius 3 is 0.762 bits per heavy atom. The first-order chi connectivity index (χ1) is 61.2. The van der Waals surface area contributed by atoms with Crippen LogP contribution in [0.2, 0.25) is 0 Å². The Morgan fingerprint density at radius 2 is 0.532 bits per heavy atom. The van der Waals surface area contributed by atoms with Crippen LogP contribution in [-0.4, -0.2) is 212 Å². The van der Waals surface area contributed by atoms with E-state index in [1.165, 1.54) is 51.9 Å². The SMILES string of the molecule is O=C1CC[C@@H](c2coc3ccc4cc(OCCCN5CCCC5)ccc4c23)C(=O)N1.O=C1CC[C@@H](c2coc3ccc4cc(OCCCN5CCS(=O)(=O)CC5)ccc4c23)C(=O)N1.O=C1CC[C@H](c2coc3ccc4cc(OCCCN5CCCC5)ccc4c23)C(=O)N1.O=C1CC[C@H](c2coc3ccc4cc(OCCCN5CCS(=O)(=O)CC5)ccc4c23)C(=O)N1. The summed E-state index contributed by atoms with van der Waals surface area (Å²) in [6.45, 7) is 13.5. The van der Waals surface area contributed by atoms with Crippen molar-refractivity contribution >= 4 is 154 Å². The number of piperidine rings is 4. The van der Waals surface area contributed by atoms with E-state index in [0.29, 0.717) is 115 Å². The second-order valence-electron chi connectivity index (χ2n) is 34.0. The first-order valence-corrected chi connectivity index (χ1v) is 47.7. The molecule has 4 aromatic heterocycles. The van der Waals surface area contributed by atoms with Crippen LogP contribution in [0, 0.1) is 0 Å². The topological polar surface area (TPSA) is 355 Å². The zero-order valence-electron chi connectivity index (χ0n) is 70.4. The second-order valence-corrected chi connectivity index (χ2v) is 38.6. The van der Waals surface area contributed by atoms with Crippen LogP contribution >= 0.6 is 0 Å². The van der Waals surface area contributed by atoms with Gasteiger partial charge >= 0.3 is 0 Å². The molecule has 8 fully saturated rings. The molecule has 8 saturated heterocycles. The third-order valence-corrected chi connectivity index (χ3v) is 28.7. The maximum absolute atomic E-state index is 12.4. The largest absolute Gasteiger partial charge is 0.494 e. The summed E-state index contributed by atoms with van der Waals surface area (Å²) < 4.78 is 92.9. The van der Waals surface area contributed by atoms with Crippen LogP contribution in [0.25, 0.3) is 87.0 Å². The molecule has 0 bridgehead atoms. The lowest BCUT2D eigenvalue weighted by Gasteiger charge is -2.26. The van der Waals surface area contributed by atoms with E-state index in [4.69, 9.17) is 36.6 Å². The third-order valence-electron chi connectivity index (χ3n) is 25.5. The number of carbonyl (C=O) groups excluding carboxylic acids is 8. The molecule has 4 N–H and O–H groups in total. The summed E-state index contributed by atoms with van der Waals surface area (Å²) in [5.74, 6) is 0.697. The maximum Gasteiger partial charge on any atom is 0.234 e. The van der Waals surface area contributed by atoms with Gasteiger partial charge in [0.15, 0.2) is 19.7 Å². The van der Waals surface area contributed by atoms with Crippen molar-refractivity contribution in [3.05, 3.63) is 169 Å². The van der Waals surface area contributed by atoms with E-state index in [2.05, 4.69) is 40.9 Å². The average Bonchev–Trinajstić information content (AvgIpc) is 1.67. The predicted octanol–water partition coefficient (Wildman–Crippen LogP) is 13.2. The number of benzene rings is 8. The molecule has 8 aliphatic rings. The summed E-state index contributed by atoms with van der Waals surface area (Å²) in [5.41, 5.74) is 6.22. The number of fused-ring (bicyclic) bond motifs is 12. The van der Waals surface area contributed by atoms with E-state index in [-0.39, 0.29) is 82.1 Å². The first-order valence-electron chi connectivity index (χ1n) is 44.1. The fourth-order valence-corrected chi connectivity index (χ4v) is 21.3. The van der Waals surface area contributed by atoms with Crippen molar-refractivity contribution in [3.63, 3.8) is 0 Å². The molecular formula is C96H104N8O20S2. The van der Waals surface area contributed by atoms with E-state index in [1.54, 1.807) is 25.1 Å². The normalized spacial score (nSPS) is 20.8. The highest BCUT2D eigenvalue weighted by atomic mass is 32.2. The van der Waals surface area contributed by atoms with E-state index >= 15 is 0 Å². The Balaban J connectivity index is 0.000000119. The van der Waals surface area contributed by atoms with Crippen molar-refractivity contribution in [2.75, 3.05) is 128 Å². The van der Waals surface area contributed by atoms with Crippen molar-refractivity contribution in [1.29, 1.82) is 0 Å². The van der Waals surface area contributed by atoms with Crippen LogP contribution in [0.4, 0.5) is 0 Å². The van der Waals surface area contributed by atoms with Crippen LogP contribution < -0.4 is 40.2 Å². The van der Waals surface area contributed by atoms with Gasteiger partial charge in [0.2, 0.25) is 47.3 Å². The minimum absolute atomic E-state index is 0.208. The van der Waals surface area contributed by atoms with Crippen LogP contribution in [-0.2, 0) is 58.0 Å². The minimum atomic E-state index is -2.85. The summed E-state index contributed by atoms with van der Waals surface area (Å²) in [6, 6.07) is 39.5. The molecule has 0 saturated carbocycles. The molecule has 8 aliphatic heterocycles. The smallest absolute Gasteiger partial charge is 0.234 e. The fraction of sp³-hybridized carbons (Fsp3) is 0.417. The second kappa shape index (κ2) is 38.7. The van der Waals surface area contributed by atoms with Gasteiger partial charge in [-0.3, -0.25) is 59.6 Å². The van der Waals surface area contributed by atoms with Gasteiger partial charge in [-0.15, -0.1) is 0 Å². The number of nitrogens with zero attached hydrogens (tertiary/aromatic N) is 4.